The van der Waals surface area contributed by atoms with Crippen molar-refractivity contribution < 1.29 is 4.74 Å². The van der Waals surface area contributed by atoms with E-state index < -0.39 is 0 Å². The number of morpholine rings is 1. The molecular weight excluding hydrogens is 152 g/mol. The van der Waals surface area contributed by atoms with Crippen molar-refractivity contribution in [3.05, 3.63) is 12.4 Å². The van der Waals surface area contributed by atoms with Crippen LogP contribution in [0.3, 0.4) is 0 Å². The largest absolute Gasteiger partial charge is 0.378 e. The Morgan fingerprint density at radius 2 is 2.00 bits per heavy atom. The first kappa shape index (κ1) is 9.39. The minimum Gasteiger partial charge on any atom is -0.378 e. The summed E-state index contributed by atoms with van der Waals surface area (Å²) < 4.78 is 5.24. The van der Waals surface area contributed by atoms with E-state index in [1.807, 2.05) is 0 Å². The molecule has 0 amide bonds. The van der Waals surface area contributed by atoms with Gasteiger partial charge >= 0.3 is 0 Å². The van der Waals surface area contributed by atoms with Gasteiger partial charge in [-0.25, -0.2) is 0 Å². The first-order chi connectivity index (χ1) is 5.70. The van der Waals surface area contributed by atoms with Gasteiger partial charge < -0.3 is 15.0 Å². The molecule has 1 rings (SSSR count). The molecule has 1 aliphatic rings. The van der Waals surface area contributed by atoms with Gasteiger partial charge in [-0.15, -0.1) is 0 Å². The van der Waals surface area contributed by atoms with Crippen molar-refractivity contribution in [2.24, 2.45) is 0 Å². The molecule has 12 heavy (non-hydrogen) atoms. The fourth-order valence-electron chi connectivity index (χ4n) is 1.26. The SMILES string of the molecule is C=C(NC(C)C)N1CCOCC1. The average Bonchev–Trinajstić information content (AvgIpc) is 2.05. The van der Waals surface area contributed by atoms with Crippen LogP contribution in [0.4, 0.5) is 0 Å². The number of hydrogen-bond donors (Lipinski definition) is 1. The Hall–Kier alpha value is -0.700. The first-order valence-electron chi connectivity index (χ1n) is 4.48. The van der Waals surface area contributed by atoms with Crippen molar-refractivity contribution in [3.8, 4) is 0 Å². The van der Waals surface area contributed by atoms with E-state index in [1.54, 1.807) is 0 Å². The Morgan fingerprint density at radius 1 is 1.42 bits per heavy atom. The van der Waals surface area contributed by atoms with E-state index in [0.29, 0.717) is 6.04 Å². The van der Waals surface area contributed by atoms with Crippen LogP contribution in [-0.2, 0) is 4.74 Å². The third kappa shape index (κ3) is 2.74. The molecular formula is C9H18N2O. The summed E-state index contributed by atoms with van der Waals surface area (Å²) >= 11 is 0. The minimum absolute atomic E-state index is 0.459. The van der Waals surface area contributed by atoms with Gasteiger partial charge in [0, 0.05) is 19.1 Å². The van der Waals surface area contributed by atoms with Crippen molar-refractivity contribution >= 4 is 0 Å². The highest BCUT2D eigenvalue weighted by atomic mass is 16.5. The second-order valence-electron chi connectivity index (χ2n) is 3.35. The van der Waals surface area contributed by atoms with Crippen LogP contribution in [0.1, 0.15) is 13.8 Å². The lowest BCUT2D eigenvalue weighted by Gasteiger charge is -2.31. The van der Waals surface area contributed by atoms with Gasteiger partial charge in [0.15, 0.2) is 0 Å². The average molecular weight is 170 g/mol. The molecule has 1 N–H and O–H groups in total. The van der Waals surface area contributed by atoms with Crippen LogP contribution in [0.15, 0.2) is 12.4 Å². The Bertz CT molecular complexity index is 151. The van der Waals surface area contributed by atoms with E-state index in [-0.39, 0.29) is 0 Å². The molecule has 3 nitrogen and oxygen atoms in total. The monoisotopic (exact) mass is 170 g/mol. The molecule has 0 aromatic carbocycles. The maximum Gasteiger partial charge on any atom is 0.0942 e. The van der Waals surface area contributed by atoms with Gasteiger partial charge in [-0.1, -0.05) is 6.58 Å². The zero-order chi connectivity index (χ0) is 8.97. The van der Waals surface area contributed by atoms with Crippen LogP contribution >= 0.6 is 0 Å². The summed E-state index contributed by atoms with van der Waals surface area (Å²) in [4.78, 5) is 2.23. The van der Waals surface area contributed by atoms with E-state index in [2.05, 4.69) is 30.6 Å². The third-order valence-electron chi connectivity index (χ3n) is 1.85. The Kier molecular flexibility index (Phi) is 3.41. The quantitative estimate of drug-likeness (QED) is 0.677. The van der Waals surface area contributed by atoms with Crippen LogP contribution in [0.2, 0.25) is 0 Å². The highest BCUT2D eigenvalue weighted by molar-refractivity contribution is 4.93. The van der Waals surface area contributed by atoms with E-state index in [9.17, 15) is 0 Å². The van der Waals surface area contributed by atoms with E-state index in [4.69, 9.17) is 4.74 Å². The zero-order valence-electron chi connectivity index (χ0n) is 7.97. The second kappa shape index (κ2) is 4.36. The van der Waals surface area contributed by atoms with Crippen molar-refractivity contribution in [1.29, 1.82) is 0 Å². The van der Waals surface area contributed by atoms with Crippen molar-refractivity contribution in [3.63, 3.8) is 0 Å². The summed E-state index contributed by atoms with van der Waals surface area (Å²) in [6, 6.07) is 0.459. The summed E-state index contributed by atoms with van der Waals surface area (Å²) in [5.41, 5.74) is 0. The predicted octanol–water partition coefficient (Wildman–Crippen LogP) is 0.788. The van der Waals surface area contributed by atoms with Gasteiger partial charge in [-0.2, -0.15) is 0 Å². The summed E-state index contributed by atoms with van der Waals surface area (Å²) in [6.45, 7) is 11.8. The Labute approximate surface area is 74.4 Å². The van der Waals surface area contributed by atoms with Crippen LogP contribution in [0, 0.1) is 0 Å². The zero-order valence-corrected chi connectivity index (χ0v) is 7.97. The lowest BCUT2D eigenvalue weighted by Crippen LogP contribution is -2.41. The fourth-order valence-corrected chi connectivity index (χ4v) is 1.26. The van der Waals surface area contributed by atoms with Crippen molar-refractivity contribution in [1.82, 2.24) is 10.2 Å². The molecule has 1 aliphatic heterocycles. The summed E-state index contributed by atoms with van der Waals surface area (Å²) in [6.07, 6.45) is 0. The number of ether oxygens (including phenoxy) is 1. The molecule has 70 valence electrons. The maximum atomic E-state index is 5.24. The molecule has 0 aromatic rings. The number of nitrogens with zero attached hydrogens (tertiary/aromatic N) is 1. The topological polar surface area (TPSA) is 24.5 Å². The van der Waals surface area contributed by atoms with Gasteiger partial charge in [0.05, 0.1) is 19.0 Å². The fraction of sp³-hybridized carbons (Fsp3) is 0.778. The van der Waals surface area contributed by atoms with Crippen LogP contribution in [-0.4, -0.2) is 37.2 Å². The number of hydrogen-bond acceptors (Lipinski definition) is 3. The summed E-state index contributed by atoms with van der Waals surface area (Å²) in [7, 11) is 0. The number of nitrogens with one attached hydrogen (secondary N) is 1. The Balaban J connectivity index is 2.30. The molecule has 0 unspecified atom stereocenters. The second-order valence-corrected chi connectivity index (χ2v) is 3.35. The van der Waals surface area contributed by atoms with Crippen LogP contribution in [0.5, 0.6) is 0 Å². The summed E-state index contributed by atoms with van der Waals surface area (Å²) in [5, 5.41) is 3.29. The standard InChI is InChI=1S/C9H18N2O/c1-8(2)10-9(3)11-4-6-12-7-5-11/h8,10H,3-7H2,1-2H3. The normalized spacial score (nSPS) is 18.1. The lowest BCUT2D eigenvalue weighted by molar-refractivity contribution is 0.0500. The van der Waals surface area contributed by atoms with Crippen molar-refractivity contribution in [2.75, 3.05) is 26.3 Å². The minimum atomic E-state index is 0.459. The van der Waals surface area contributed by atoms with E-state index in [1.165, 1.54) is 0 Å². The molecule has 3 heteroatoms. The highest BCUT2D eigenvalue weighted by Gasteiger charge is 2.11. The molecule has 1 heterocycles. The van der Waals surface area contributed by atoms with Gasteiger partial charge in [0.1, 0.15) is 0 Å². The van der Waals surface area contributed by atoms with E-state index in [0.717, 1.165) is 32.1 Å². The lowest BCUT2D eigenvalue weighted by atomic mass is 10.3. The van der Waals surface area contributed by atoms with E-state index >= 15 is 0 Å². The van der Waals surface area contributed by atoms with Crippen LogP contribution < -0.4 is 5.32 Å². The van der Waals surface area contributed by atoms with Gasteiger partial charge in [-0.3, -0.25) is 0 Å². The molecule has 0 aromatic heterocycles. The summed E-state index contributed by atoms with van der Waals surface area (Å²) in [5.74, 6) is 1.02. The van der Waals surface area contributed by atoms with Crippen molar-refractivity contribution in [2.45, 2.75) is 19.9 Å². The molecule has 0 atom stereocenters. The molecule has 0 radical (unpaired) electrons. The molecule has 0 aliphatic carbocycles. The maximum absolute atomic E-state index is 5.24. The van der Waals surface area contributed by atoms with Gasteiger partial charge in [0.2, 0.25) is 0 Å². The third-order valence-corrected chi connectivity index (χ3v) is 1.85. The molecule has 1 fully saturated rings. The smallest absolute Gasteiger partial charge is 0.0942 e. The molecule has 0 spiro atoms. The van der Waals surface area contributed by atoms with Gasteiger partial charge in [0.25, 0.3) is 0 Å². The van der Waals surface area contributed by atoms with Crippen LogP contribution in [0.25, 0.3) is 0 Å². The van der Waals surface area contributed by atoms with Gasteiger partial charge in [-0.05, 0) is 13.8 Å². The predicted molar refractivity (Wildman–Crippen MR) is 49.8 cm³/mol. The number of rotatable bonds is 3. The highest BCUT2D eigenvalue weighted by Crippen LogP contribution is 2.03. The molecule has 0 bridgehead atoms. The molecule has 1 saturated heterocycles. The first-order valence-corrected chi connectivity index (χ1v) is 4.48. The molecule has 0 saturated carbocycles. The Morgan fingerprint density at radius 3 is 2.50 bits per heavy atom.